The molecule has 0 saturated heterocycles. The minimum atomic E-state index is -0.0552. The average molecular weight is 598 g/mol. The Kier molecular flexibility index (Phi) is 33.3. The number of likely N-dealkylation sites (N-methyl/N-ethyl adjacent to an activating group) is 1. The monoisotopic (exact) mass is 598 g/mol. The van der Waals surface area contributed by atoms with Gasteiger partial charge in [-0.25, -0.2) is 0 Å². The fourth-order valence-electron chi connectivity index (χ4n) is 5.05. The summed E-state index contributed by atoms with van der Waals surface area (Å²) in [5.74, 6) is -0.110. The minimum Gasteiger partial charge on any atom is -0.381 e. The molecule has 0 rings (SSSR count). The highest BCUT2D eigenvalue weighted by Gasteiger charge is 2.10. The highest BCUT2D eigenvalue weighted by Crippen LogP contribution is 2.11. The van der Waals surface area contributed by atoms with Crippen LogP contribution < -0.4 is 10.6 Å². The Hall–Kier alpha value is -1.18. The van der Waals surface area contributed by atoms with Crippen LogP contribution in [0, 0.1) is 0 Å². The first-order chi connectivity index (χ1) is 20.6. The van der Waals surface area contributed by atoms with Crippen molar-refractivity contribution in [1.29, 1.82) is 0 Å². The molecule has 0 aliphatic carbocycles. The van der Waals surface area contributed by atoms with Crippen LogP contribution in [-0.2, 0) is 19.1 Å². The molecule has 250 valence electrons. The molecule has 0 bridgehead atoms. The van der Waals surface area contributed by atoms with Gasteiger partial charge in [0.25, 0.3) is 0 Å². The summed E-state index contributed by atoms with van der Waals surface area (Å²) in [5.41, 5.74) is 0. The number of amides is 2. The summed E-state index contributed by atoms with van der Waals surface area (Å²) >= 11 is 0. The first-order valence-electron chi connectivity index (χ1n) is 18.0. The predicted molar refractivity (Wildman–Crippen MR) is 178 cm³/mol. The molecule has 0 aliphatic rings. The van der Waals surface area contributed by atoms with Crippen molar-refractivity contribution >= 4 is 11.8 Å². The van der Waals surface area contributed by atoms with Crippen LogP contribution in [0.4, 0.5) is 0 Å². The van der Waals surface area contributed by atoms with Crippen molar-refractivity contribution in [3.63, 3.8) is 0 Å². The van der Waals surface area contributed by atoms with Gasteiger partial charge in [0.1, 0.15) is 0 Å². The zero-order chi connectivity index (χ0) is 30.8. The van der Waals surface area contributed by atoms with Crippen molar-refractivity contribution in [2.45, 2.75) is 155 Å². The normalized spacial score (nSPS) is 11.3. The van der Waals surface area contributed by atoms with Crippen LogP contribution in [-0.4, -0.2) is 76.4 Å². The number of nitrogens with one attached hydrogen (secondary N) is 2. The fraction of sp³-hybridized carbons (Fsp3) is 0.943. The van der Waals surface area contributed by atoms with Crippen LogP contribution >= 0.6 is 0 Å². The molecule has 7 heteroatoms. The number of rotatable bonds is 34. The molecule has 0 aromatic carbocycles. The molecule has 0 aromatic rings. The van der Waals surface area contributed by atoms with E-state index in [4.69, 9.17) is 9.47 Å². The quantitative estimate of drug-likeness (QED) is 0.0740. The van der Waals surface area contributed by atoms with Crippen LogP contribution in [0.1, 0.15) is 155 Å². The molecule has 42 heavy (non-hydrogen) atoms. The maximum atomic E-state index is 12.1. The second-order valence-corrected chi connectivity index (χ2v) is 12.2. The molecule has 0 aromatic heterocycles. The maximum Gasteiger partial charge on any atom is 0.234 e. The molecule has 2 amide bonds. The molecule has 0 atom stereocenters. The molecular weight excluding hydrogens is 526 g/mol. The van der Waals surface area contributed by atoms with Crippen molar-refractivity contribution in [2.75, 3.05) is 59.7 Å². The number of ether oxygens (including phenoxy) is 2. The second kappa shape index (κ2) is 34.3. The van der Waals surface area contributed by atoms with Gasteiger partial charge in [-0.1, -0.05) is 129 Å². The van der Waals surface area contributed by atoms with E-state index in [9.17, 15) is 9.59 Å². The lowest BCUT2D eigenvalue weighted by Gasteiger charge is -2.16. The Morgan fingerprint density at radius 3 is 1.07 bits per heavy atom. The molecule has 0 heterocycles. The van der Waals surface area contributed by atoms with Crippen molar-refractivity contribution in [3.8, 4) is 0 Å². The van der Waals surface area contributed by atoms with E-state index < -0.39 is 0 Å². The van der Waals surface area contributed by atoms with E-state index in [2.05, 4.69) is 24.5 Å². The molecule has 0 aliphatic heterocycles. The van der Waals surface area contributed by atoms with E-state index >= 15 is 0 Å². The van der Waals surface area contributed by atoms with E-state index in [-0.39, 0.29) is 24.9 Å². The molecule has 0 radical (unpaired) electrons. The third kappa shape index (κ3) is 33.3. The minimum absolute atomic E-state index is 0.0552. The van der Waals surface area contributed by atoms with Gasteiger partial charge in [0.2, 0.25) is 11.8 Å². The van der Waals surface area contributed by atoms with Crippen LogP contribution in [0.2, 0.25) is 0 Å². The lowest BCUT2D eigenvalue weighted by Crippen LogP contribution is -2.41. The van der Waals surface area contributed by atoms with Crippen molar-refractivity contribution < 1.29 is 19.1 Å². The summed E-state index contributed by atoms with van der Waals surface area (Å²) < 4.78 is 11.4. The van der Waals surface area contributed by atoms with Gasteiger partial charge in [-0.05, 0) is 32.7 Å². The lowest BCUT2D eigenvalue weighted by molar-refractivity contribution is -0.124. The summed E-state index contributed by atoms with van der Waals surface area (Å²) in [5, 5.41) is 5.84. The maximum absolute atomic E-state index is 12.1. The zero-order valence-electron chi connectivity index (χ0n) is 28.3. The Balaban J connectivity index is 3.39. The Labute approximate surface area is 261 Å². The van der Waals surface area contributed by atoms with Crippen LogP contribution in [0.15, 0.2) is 0 Å². The first-order valence-corrected chi connectivity index (χ1v) is 18.0. The van der Waals surface area contributed by atoms with Crippen molar-refractivity contribution in [3.05, 3.63) is 0 Å². The Morgan fingerprint density at radius 1 is 0.452 bits per heavy atom. The van der Waals surface area contributed by atoms with Gasteiger partial charge in [-0.2, -0.15) is 0 Å². The number of unbranched alkanes of at least 4 members (excludes halogenated alkanes) is 18. The first kappa shape index (κ1) is 40.8. The standard InChI is InChI=1S/C35H71N3O4/c1-4-6-8-10-12-14-16-18-20-22-28-41-30-24-26-36-34(39)32-38(3)33-35(40)37-27-25-31-42-29-23-21-19-17-15-13-11-9-7-5-2/h4-33H2,1-3H3,(H,36,39)(H,37,40). The SMILES string of the molecule is CCCCCCCCCCCCOCCCNC(=O)CN(C)CC(=O)NCCCOCCCCCCCCCCCC. The molecule has 7 nitrogen and oxygen atoms in total. The topological polar surface area (TPSA) is 79.9 Å². The Bertz CT molecular complexity index is 528. The van der Waals surface area contributed by atoms with E-state index in [1.165, 1.54) is 116 Å². The number of hydrogen-bond donors (Lipinski definition) is 2. The van der Waals surface area contributed by atoms with Crippen LogP contribution in [0.5, 0.6) is 0 Å². The predicted octanol–water partition coefficient (Wildman–Crippen LogP) is 7.81. The van der Waals surface area contributed by atoms with Gasteiger partial charge in [0, 0.05) is 39.5 Å². The zero-order valence-corrected chi connectivity index (χ0v) is 28.3. The summed E-state index contributed by atoms with van der Waals surface area (Å²) in [6.07, 6.45) is 28.2. The highest BCUT2D eigenvalue weighted by atomic mass is 16.5. The molecule has 0 unspecified atom stereocenters. The number of carbonyl (C=O) groups excluding carboxylic acids is 2. The van der Waals surface area contributed by atoms with Gasteiger partial charge in [-0.15, -0.1) is 0 Å². The van der Waals surface area contributed by atoms with Gasteiger partial charge in [-0.3, -0.25) is 14.5 Å². The highest BCUT2D eigenvalue weighted by molar-refractivity contribution is 5.81. The number of nitrogens with zero attached hydrogens (tertiary/aromatic N) is 1. The summed E-state index contributed by atoms with van der Waals surface area (Å²) in [4.78, 5) is 26.0. The third-order valence-corrected chi connectivity index (χ3v) is 7.69. The molecule has 0 fully saturated rings. The van der Waals surface area contributed by atoms with Gasteiger partial charge in [0.05, 0.1) is 13.1 Å². The van der Waals surface area contributed by atoms with Crippen molar-refractivity contribution in [1.82, 2.24) is 15.5 Å². The van der Waals surface area contributed by atoms with Gasteiger partial charge < -0.3 is 20.1 Å². The smallest absolute Gasteiger partial charge is 0.234 e. The largest absolute Gasteiger partial charge is 0.381 e. The van der Waals surface area contributed by atoms with Gasteiger partial charge >= 0.3 is 0 Å². The summed E-state index contributed by atoms with van der Waals surface area (Å²) in [6, 6.07) is 0. The van der Waals surface area contributed by atoms with Crippen LogP contribution in [0.25, 0.3) is 0 Å². The third-order valence-electron chi connectivity index (χ3n) is 7.69. The summed E-state index contributed by atoms with van der Waals surface area (Å²) in [6.45, 7) is 9.16. The summed E-state index contributed by atoms with van der Waals surface area (Å²) in [7, 11) is 1.80. The molecule has 0 spiro atoms. The molecular formula is C35H71N3O4. The van der Waals surface area contributed by atoms with Crippen molar-refractivity contribution in [2.24, 2.45) is 0 Å². The van der Waals surface area contributed by atoms with E-state index in [1.54, 1.807) is 11.9 Å². The molecule has 2 N–H and O–H groups in total. The van der Waals surface area contributed by atoms with Crippen LogP contribution in [0.3, 0.4) is 0 Å². The van der Waals surface area contributed by atoms with E-state index in [0.717, 1.165) is 38.9 Å². The molecule has 0 saturated carbocycles. The number of hydrogen-bond acceptors (Lipinski definition) is 5. The van der Waals surface area contributed by atoms with E-state index in [1.807, 2.05) is 0 Å². The van der Waals surface area contributed by atoms with E-state index in [0.29, 0.717) is 26.3 Å². The average Bonchev–Trinajstić information content (AvgIpc) is 2.97. The Morgan fingerprint density at radius 2 is 0.738 bits per heavy atom. The number of carbonyl (C=O) groups is 2. The lowest BCUT2D eigenvalue weighted by atomic mass is 10.1. The second-order valence-electron chi connectivity index (χ2n) is 12.2. The van der Waals surface area contributed by atoms with Gasteiger partial charge in [0.15, 0.2) is 0 Å². The fourth-order valence-corrected chi connectivity index (χ4v) is 5.05.